The highest BCUT2D eigenvalue weighted by molar-refractivity contribution is 7.86. The first-order chi connectivity index (χ1) is 10.1. The fraction of sp³-hybridized carbons (Fsp3) is 0.133. The molecule has 21 heavy (non-hydrogen) atoms. The van der Waals surface area contributed by atoms with Crippen LogP contribution in [0.4, 0.5) is 0 Å². The molecule has 0 aliphatic rings. The molecule has 5 nitrogen and oxygen atoms in total. The Bertz CT molecular complexity index is 681. The Kier molecular flexibility index (Phi) is 5.08. The van der Waals surface area contributed by atoms with Gasteiger partial charge in [0.1, 0.15) is 6.61 Å². The summed E-state index contributed by atoms with van der Waals surface area (Å²) in [6.07, 6.45) is 0. The van der Waals surface area contributed by atoms with E-state index in [0.29, 0.717) is 0 Å². The average molecular weight is 306 g/mol. The number of carbonyl (C=O) groups excluding carboxylic acids is 1. The first-order valence-electron chi connectivity index (χ1n) is 6.22. The van der Waals surface area contributed by atoms with Gasteiger partial charge in [-0.1, -0.05) is 48.5 Å². The number of benzene rings is 2. The lowest BCUT2D eigenvalue weighted by Crippen LogP contribution is -2.16. The predicted octanol–water partition coefficient (Wildman–Crippen LogP) is 2.14. The van der Waals surface area contributed by atoms with Crippen molar-refractivity contribution in [1.29, 1.82) is 0 Å². The fourth-order valence-electron chi connectivity index (χ4n) is 1.56. The Morgan fingerprint density at radius 3 is 2.10 bits per heavy atom. The van der Waals surface area contributed by atoms with E-state index in [1.165, 1.54) is 12.1 Å². The number of hydrogen-bond donors (Lipinski definition) is 0. The minimum atomic E-state index is -3.94. The van der Waals surface area contributed by atoms with Gasteiger partial charge in [-0.2, -0.15) is 8.42 Å². The molecule has 0 saturated heterocycles. The van der Waals surface area contributed by atoms with E-state index in [4.69, 9.17) is 4.74 Å². The van der Waals surface area contributed by atoms with Gasteiger partial charge in [0.25, 0.3) is 10.1 Å². The zero-order valence-corrected chi connectivity index (χ0v) is 12.0. The second-order valence-corrected chi connectivity index (χ2v) is 5.79. The van der Waals surface area contributed by atoms with Gasteiger partial charge in [0, 0.05) is 0 Å². The summed E-state index contributed by atoms with van der Waals surface area (Å²) in [6, 6.07) is 16.7. The molecule has 2 aromatic rings. The van der Waals surface area contributed by atoms with Crippen LogP contribution in [-0.4, -0.2) is 21.0 Å². The lowest BCUT2D eigenvalue weighted by Gasteiger charge is -2.06. The van der Waals surface area contributed by atoms with Crippen molar-refractivity contribution in [1.82, 2.24) is 0 Å². The lowest BCUT2D eigenvalue weighted by molar-refractivity contribution is -0.147. The van der Waals surface area contributed by atoms with E-state index in [0.717, 1.165) is 5.56 Å². The first-order valence-corrected chi connectivity index (χ1v) is 7.63. The van der Waals surface area contributed by atoms with E-state index in [9.17, 15) is 13.2 Å². The smallest absolute Gasteiger partial charge is 0.333 e. The molecule has 110 valence electrons. The van der Waals surface area contributed by atoms with Crippen molar-refractivity contribution in [3.8, 4) is 0 Å². The van der Waals surface area contributed by atoms with Crippen molar-refractivity contribution in [2.75, 3.05) is 6.61 Å². The summed E-state index contributed by atoms with van der Waals surface area (Å²) in [5, 5.41) is 0. The molecule has 0 radical (unpaired) electrons. The number of carbonyl (C=O) groups is 1. The average Bonchev–Trinajstić information content (AvgIpc) is 2.53. The van der Waals surface area contributed by atoms with Crippen LogP contribution in [0.5, 0.6) is 0 Å². The summed E-state index contributed by atoms with van der Waals surface area (Å²) in [5.74, 6) is -0.738. The summed E-state index contributed by atoms with van der Waals surface area (Å²) < 4.78 is 33.2. The number of rotatable bonds is 6. The van der Waals surface area contributed by atoms with Crippen LogP contribution in [0, 0.1) is 0 Å². The third kappa shape index (κ3) is 4.70. The van der Waals surface area contributed by atoms with Gasteiger partial charge in [0.2, 0.25) is 0 Å². The van der Waals surface area contributed by atoms with E-state index in [2.05, 4.69) is 4.18 Å². The van der Waals surface area contributed by atoms with Crippen LogP contribution in [0.25, 0.3) is 0 Å². The third-order valence-corrected chi connectivity index (χ3v) is 3.88. The summed E-state index contributed by atoms with van der Waals surface area (Å²) in [6.45, 7) is -0.571. The van der Waals surface area contributed by atoms with Gasteiger partial charge in [-0.15, -0.1) is 0 Å². The monoisotopic (exact) mass is 306 g/mol. The zero-order valence-electron chi connectivity index (χ0n) is 11.1. The summed E-state index contributed by atoms with van der Waals surface area (Å²) >= 11 is 0. The van der Waals surface area contributed by atoms with Crippen LogP contribution in [-0.2, 0) is 30.4 Å². The molecule has 2 aromatic carbocycles. The van der Waals surface area contributed by atoms with E-state index < -0.39 is 22.7 Å². The molecular formula is C15H14O5S. The van der Waals surface area contributed by atoms with E-state index in [1.807, 2.05) is 18.2 Å². The van der Waals surface area contributed by atoms with E-state index in [1.54, 1.807) is 30.3 Å². The van der Waals surface area contributed by atoms with Crippen LogP contribution in [0.15, 0.2) is 65.6 Å². The molecule has 6 heteroatoms. The minimum Gasteiger partial charge on any atom is -0.459 e. The van der Waals surface area contributed by atoms with Gasteiger partial charge in [-0.05, 0) is 17.7 Å². The van der Waals surface area contributed by atoms with Gasteiger partial charge in [0.15, 0.2) is 6.61 Å². The van der Waals surface area contributed by atoms with Crippen molar-refractivity contribution in [2.24, 2.45) is 0 Å². The van der Waals surface area contributed by atoms with Crippen molar-refractivity contribution in [2.45, 2.75) is 11.5 Å². The molecule has 0 atom stereocenters. The second kappa shape index (κ2) is 7.01. The summed E-state index contributed by atoms with van der Waals surface area (Å²) in [4.78, 5) is 11.5. The van der Waals surface area contributed by atoms with Gasteiger partial charge in [-0.25, -0.2) is 4.79 Å². The van der Waals surface area contributed by atoms with Crippen molar-refractivity contribution in [3.05, 3.63) is 66.2 Å². The molecule has 0 spiro atoms. The van der Waals surface area contributed by atoms with Crippen LogP contribution in [0.2, 0.25) is 0 Å². The second-order valence-electron chi connectivity index (χ2n) is 4.18. The number of esters is 1. The summed E-state index contributed by atoms with van der Waals surface area (Å²) in [7, 11) is -3.94. The Morgan fingerprint density at radius 1 is 0.905 bits per heavy atom. The molecule has 0 amide bonds. The molecule has 0 N–H and O–H groups in total. The zero-order chi connectivity index (χ0) is 15.1. The SMILES string of the molecule is O=C(COS(=O)(=O)c1ccccc1)OCc1ccccc1. The van der Waals surface area contributed by atoms with Crippen molar-refractivity contribution >= 4 is 16.1 Å². The maximum atomic E-state index is 11.8. The number of hydrogen-bond acceptors (Lipinski definition) is 5. The van der Waals surface area contributed by atoms with Crippen LogP contribution < -0.4 is 0 Å². The van der Waals surface area contributed by atoms with Crippen LogP contribution in [0.1, 0.15) is 5.56 Å². The van der Waals surface area contributed by atoms with Crippen LogP contribution >= 0.6 is 0 Å². The highest BCUT2D eigenvalue weighted by atomic mass is 32.2. The molecule has 0 heterocycles. The Hall–Kier alpha value is -2.18. The van der Waals surface area contributed by atoms with E-state index in [-0.39, 0.29) is 11.5 Å². The van der Waals surface area contributed by atoms with E-state index >= 15 is 0 Å². The fourth-order valence-corrected chi connectivity index (χ4v) is 2.44. The number of ether oxygens (including phenoxy) is 1. The molecule has 0 fully saturated rings. The maximum Gasteiger partial charge on any atom is 0.333 e. The van der Waals surface area contributed by atoms with Gasteiger partial charge in [0.05, 0.1) is 4.90 Å². The van der Waals surface area contributed by atoms with Crippen LogP contribution in [0.3, 0.4) is 0 Å². The Balaban J connectivity index is 1.84. The Labute approximate surface area is 123 Å². The lowest BCUT2D eigenvalue weighted by atomic mass is 10.2. The maximum absolute atomic E-state index is 11.8. The van der Waals surface area contributed by atoms with Crippen molar-refractivity contribution < 1.29 is 22.1 Å². The molecule has 0 unspecified atom stereocenters. The Morgan fingerprint density at radius 2 is 1.48 bits per heavy atom. The highest BCUT2D eigenvalue weighted by Crippen LogP contribution is 2.11. The summed E-state index contributed by atoms with van der Waals surface area (Å²) in [5.41, 5.74) is 0.816. The normalized spacial score (nSPS) is 11.0. The standard InChI is InChI=1S/C15H14O5S/c16-15(19-11-13-7-3-1-4-8-13)12-20-21(17,18)14-9-5-2-6-10-14/h1-10H,11-12H2. The molecule has 2 rings (SSSR count). The molecule has 0 aliphatic carbocycles. The molecule has 0 saturated carbocycles. The van der Waals surface area contributed by atoms with Gasteiger partial charge >= 0.3 is 5.97 Å². The van der Waals surface area contributed by atoms with Gasteiger partial charge in [-0.3, -0.25) is 4.18 Å². The third-order valence-electron chi connectivity index (χ3n) is 2.61. The topological polar surface area (TPSA) is 69.7 Å². The molecule has 0 bridgehead atoms. The van der Waals surface area contributed by atoms with Crippen molar-refractivity contribution in [3.63, 3.8) is 0 Å². The minimum absolute atomic E-state index is 0.000796. The predicted molar refractivity (Wildman–Crippen MR) is 75.8 cm³/mol. The first kappa shape index (κ1) is 15.2. The molecular weight excluding hydrogens is 292 g/mol. The van der Waals surface area contributed by atoms with Gasteiger partial charge < -0.3 is 4.74 Å². The largest absolute Gasteiger partial charge is 0.459 e. The highest BCUT2D eigenvalue weighted by Gasteiger charge is 2.17. The quantitative estimate of drug-likeness (QED) is 0.604. The molecule has 0 aromatic heterocycles. The molecule has 0 aliphatic heterocycles.